The number of ether oxygens (including phenoxy) is 1. The predicted molar refractivity (Wildman–Crippen MR) is 80.7 cm³/mol. The summed E-state index contributed by atoms with van der Waals surface area (Å²) in [7, 11) is 1.50. The van der Waals surface area contributed by atoms with E-state index in [1.807, 2.05) is 0 Å². The molecule has 4 heteroatoms. The first-order valence-electron chi connectivity index (χ1n) is 8.29. The number of esters is 1. The second kappa shape index (κ2) is 7.99. The number of nitrogens with one attached hydrogen (secondary N) is 1. The molecule has 2 atom stereocenters. The molecular formula is C16H30N2O2. The summed E-state index contributed by atoms with van der Waals surface area (Å²) in [5.74, 6) is 0.00244. The van der Waals surface area contributed by atoms with Gasteiger partial charge in [-0.15, -0.1) is 0 Å². The minimum absolute atomic E-state index is 0.0405. The minimum Gasteiger partial charge on any atom is -0.469 e. The van der Waals surface area contributed by atoms with Crippen LogP contribution in [0.15, 0.2) is 0 Å². The summed E-state index contributed by atoms with van der Waals surface area (Å²) < 4.78 is 4.96. The Balaban J connectivity index is 1.90. The second-order valence-electron chi connectivity index (χ2n) is 6.41. The van der Waals surface area contributed by atoms with E-state index >= 15 is 0 Å². The van der Waals surface area contributed by atoms with Crippen molar-refractivity contribution in [1.29, 1.82) is 0 Å². The van der Waals surface area contributed by atoms with E-state index in [1.54, 1.807) is 0 Å². The average Bonchev–Trinajstić information content (AvgIpc) is 2.47. The van der Waals surface area contributed by atoms with Gasteiger partial charge in [0.15, 0.2) is 0 Å². The van der Waals surface area contributed by atoms with Crippen LogP contribution in [0.4, 0.5) is 0 Å². The van der Waals surface area contributed by atoms with Gasteiger partial charge in [0.05, 0.1) is 13.0 Å². The lowest BCUT2D eigenvalue weighted by atomic mass is 9.90. The van der Waals surface area contributed by atoms with Gasteiger partial charge < -0.3 is 15.0 Å². The van der Waals surface area contributed by atoms with Crippen molar-refractivity contribution in [3.8, 4) is 0 Å². The number of carbonyl (C=O) groups excluding carboxylic acids is 1. The fourth-order valence-corrected chi connectivity index (χ4v) is 3.75. The molecule has 0 radical (unpaired) electrons. The van der Waals surface area contributed by atoms with Gasteiger partial charge in [0.25, 0.3) is 0 Å². The minimum atomic E-state index is -0.0405. The van der Waals surface area contributed by atoms with E-state index in [-0.39, 0.29) is 11.9 Å². The quantitative estimate of drug-likeness (QED) is 0.785. The normalized spacial score (nSPS) is 29.3. The molecule has 20 heavy (non-hydrogen) atoms. The zero-order chi connectivity index (χ0) is 14.4. The summed E-state index contributed by atoms with van der Waals surface area (Å²) in [6.45, 7) is 5.23. The number of methoxy groups -OCH3 is 1. The Labute approximate surface area is 123 Å². The number of hydrogen-bond acceptors (Lipinski definition) is 4. The van der Waals surface area contributed by atoms with E-state index in [9.17, 15) is 4.79 Å². The van der Waals surface area contributed by atoms with Crippen LogP contribution in [0.3, 0.4) is 0 Å². The Hall–Kier alpha value is -0.610. The van der Waals surface area contributed by atoms with Gasteiger partial charge in [-0.1, -0.05) is 26.2 Å². The van der Waals surface area contributed by atoms with Crippen LogP contribution in [0.5, 0.6) is 0 Å². The standard InChI is InChI=1S/C16H30N2O2/c1-3-9-18-11-13(16(19)20-2)10-15(12-18)17-14-7-5-4-6-8-14/h13-15,17H,3-12H2,1-2H3. The molecule has 1 aliphatic carbocycles. The molecule has 1 aliphatic heterocycles. The topological polar surface area (TPSA) is 41.6 Å². The smallest absolute Gasteiger partial charge is 0.310 e. The molecule has 0 aromatic heterocycles. The third-order valence-electron chi connectivity index (χ3n) is 4.68. The number of rotatable bonds is 5. The molecule has 1 N–H and O–H groups in total. The maximum atomic E-state index is 11.9. The first-order chi connectivity index (χ1) is 9.72. The van der Waals surface area contributed by atoms with Crippen molar-refractivity contribution in [2.75, 3.05) is 26.7 Å². The molecule has 2 fully saturated rings. The Morgan fingerprint density at radius 3 is 2.60 bits per heavy atom. The van der Waals surface area contributed by atoms with Crippen LogP contribution in [-0.2, 0) is 9.53 Å². The molecule has 0 bridgehead atoms. The Morgan fingerprint density at radius 1 is 1.20 bits per heavy atom. The molecule has 0 aromatic carbocycles. The summed E-state index contributed by atoms with van der Waals surface area (Å²) in [4.78, 5) is 14.3. The second-order valence-corrected chi connectivity index (χ2v) is 6.41. The average molecular weight is 282 g/mol. The molecule has 1 heterocycles. The number of likely N-dealkylation sites (tertiary alicyclic amines) is 1. The van der Waals surface area contributed by atoms with E-state index in [2.05, 4.69) is 17.1 Å². The number of carbonyl (C=O) groups is 1. The van der Waals surface area contributed by atoms with Crippen LogP contribution in [0.2, 0.25) is 0 Å². The lowest BCUT2D eigenvalue weighted by Gasteiger charge is -2.39. The summed E-state index contributed by atoms with van der Waals surface area (Å²) in [5, 5.41) is 3.81. The van der Waals surface area contributed by atoms with E-state index in [0.29, 0.717) is 12.1 Å². The Bertz CT molecular complexity index is 303. The molecule has 1 saturated carbocycles. The summed E-state index contributed by atoms with van der Waals surface area (Å²) in [5.41, 5.74) is 0. The Morgan fingerprint density at radius 2 is 1.95 bits per heavy atom. The molecule has 2 rings (SSSR count). The molecule has 0 aromatic rings. The van der Waals surface area contributed by atoms with E-state index in [0.717, 1.165) is 32.5 Å². The number of nitrogens with zero attached hydrogens (tertiary/aromatic N) is 1. The molecule has 2 unspecified atom stereocenters. The SMILES string of the molecule is CCCN1CC(NC2CCCCC2)CC(C(=O)OC)C1. The highest BCUT2D eigenvalue weighted by Crippen LogP contribution is 2.22. The van der Waals surface area contributed by atoms with E-state index in [1.165, 1.54) is 39.2 Å². The Kier molecular flexibility index (Phi) is 6.30. The van der Waals surface area contributed by atoms with Gasteiger partial charge in [0.2, 0.25) is 0 Å². The van der Waals surface area contributed by atoms with Crippen LogP contribution >= 0.6 is 0 Å². The highest BCUT2D eigenvalue weighted by Gasteiger charge is 2.32. The first kappa shape index (κ1) is 15.8. The van der Waals surface area contributed by atoms with Gasteiger partial charge in [-0.2, -0.15) is 0 Å². The van der Waals surface area contributed by atoms with Crippen LogP contribution in [0, 0.1) is 5.92 Å². The molecular weight excluding hydrogens is 252 g/mol. The summed E-state index contributed by atoms with van der Waals surface area (Å²) in [6.07, 6.45) is 8.76. The van der Waals surface area contributed by atoms with Gasteiger partial charge in [0, 0.05) is 25.2 Å². The predicted octanol–water partition coefficient (Wildman–Crippen LogP) is 2.18. The van der Waals surface area contributed by atoms with Gasteiger partial charge >= 0.3 is 5.97 Å². The van der Waals surface area contributed by atoms with Crippen molar-refractivity contribution >= 4 is 5.97 Å². The zero-order valence-corrected chi connectivity index (χ0v) is 13.1. The van der Waals surface area contributed by atoms with Crippen LogP contribution in [0.1, 0.15) is 51.9 Å². The first-order valence-corrected chi connectivity index (χ1v) is 8.29. The highest BCUT2D eigenvalue weighted by molar-refractivity contribution is 5.72. The maximum absolute atomic E-state index is 11.9. The molecule has 1 saturated heterocycles. The van der Waals surface area contributed by atoms with Crippen molar-refractivity contribution in [3.63, 3.8) is 0 Å². The van der Waals surface area contributed by atoms with E-state index in [4.69, 9.17) is 4.74 Å². The summed E-state index contributed by atoms with van der Waals surface area (Å²) in [6, 6.07) is 1.11. The molecule has 2 aliphatic rings. The largest absolute Gasteiger partial charge is 0.469 e. The van der Waals surface area contributed by atoms with Gasteiger partial charge in [-0.3, -0.25) is 4.79 Å². The third kappa shape index (κ3) is 4.45. The molecule has 0 spiro atoms. The van der Waals surface area contributed by atoms with Crippen molar-refractivity contribution in [3.05, 3.63) is 0 Å². The van der Waals surface area contributed by atoms with Crippen LogP contribution in [-0.4, -0.2) is 49.7 Å². The highest BCUT2D eigenvalue weighted by atomic mass is 16.5. The van der Waals surface area contributed by atoms with Gasteiger partial charge in [-0.25, -0.2) is 0 Å². The number of hydrogen-bond donors (Lipinski definition) is 1. The number of piperidine rings is 1. The lowest BCUT2D eigenvalue weighted by molar-refractivity contribution is -0.147. The monoisotopic (exact) mass is 282 g/mol. The third-order valence-corrected chi connectivity index (χ3v) is 4.68. The fraction of sp³-hybridized carbons (Fsp3) is 0.938. The van der Waals surface area contributed by atoms with Crippen molar-refractivity contribution in [1.82, 2.24) is 10.2 Å². The lowest BCUT2D eigenvalue weighted by Crippen LogP contribution is -2.53. The maximum Gasteiger partial charge on any atom is 0.310 e. The van der Waals surface area contributed by atoms with E-state index < -0.39 is 0 Å². The summed E-state index contributed by atoms with van der Waals surface area (Å²) >= 11 is 0. The zero-order valence-electron chi connectivity index (χ0n) is 13.1. The van der Waals surface area contributed by atoms with Gasteiger partial charge in [0.1, 0.15) is 0 Å². The molecule has 116 valence electrons. The fourth-order valence-electron chi connectivity index (χ4n) is 3.75. The van der Waals surface area contributed by atoms with Crippen molar-refractivity contribution < 1.29 is 9.53 Å². The van der Waals surface area contributed by atoms with Gasteiger partial charge in [-0.05, 0) is 32.2 Å². The molecule has 4 nitrogen and oxygen atoms in total. The molecule has 0 amide bonds. The van der Waals surface area contributed by atoms with Crippen molar-refractivity contribution in [2.24, 2.45) is 5.92 Å². The van der Waals surface area contributed by atoms with Crippen LogP contribution in [0.25, 0.3) is 0 Å². The van der Waals surface area contributed by atoms with Crippen molar-refractivity contribution in [2.45, 2.75) is 64.0 Å². The van der Waals surface area contributed by atoms with Crippen LogP contribution < -0.4 is 5.32 Å².